The maximum absolute atomic E-state index is 6.02. The van der Waals surface area contributed by atoms with Gasteiger partial charge in [0.25, 0.3) is 0 Å². The van der Waals surface area contributed by atoms with Gasteiger partial charge in [-0.25, -0.2) is 0 Å². The molecule has 32 heavy (non-hydrogen) atoms. The first kappa shape index (κ1) is 23.1. The summed E-state index contributed by atoms with van der Waals surface area (Å²) < 4.78 is 9.02. The van der Waals surface area contributed by atoms with Gasteiger partial charge < -0.3 is 0 Å². The topological polar surface area (TPSA) is 0 Å². The molecule has 0 N–H and O–H groups in total. The third kappa shape index (κ3) is 4.14. The van der Waals surface area contributed by atoms with Crippen molar-refractivity contribution in [3.63, 3.8) is 0 Å². The molecule has 0 aliphatic heterocycles. The molecule has 0 saturated heterocycles. The predicted molar refractivity (Wildman–Crippen MR) is 161 cm³/mol. The van der Waals surface area contributed by atoms with Gasteiger partial charge in [-0.15, -0.1) is 22.7 Å². The molecular formula is C26H16Br2ClIS2. The normalized spacial score (nSPS) is 11.4. The van der Waals surface area contributed by atoms with Crippen LogP contribution in [0.15, 0.2) is 69.6 Å². The molecule has 0 bridgehead atoms. The summed E-state index contributed by atoms with van der Waals surface area (Å²) in [6, 6.07) is 21.3. The van der Waals surface area contributed by atoms with Gasteiger partial charge in [0, 0.05) is 57.9 Å². The zero-order chi connectivity index (χ0) is 22.6. The molecule has 6 rings (SSSR count). The lowest BCUT2D eigenvalue weighted by atomic mass is 10.1. The lowest BCUT2D eigenvalue weighted by molar-refractivity contribution is 1.51. The van der Waals surface area contributed by atoms with Crippen LogP contribution in [-0.2, 0) is 0 Å². The van der Waals surface area contributed by atoms with E-state index in [0.29, 0.717) is 0 Å². The highest BCUT2D eigenvalue weighted by Gasteiger charge is 2.10. The van der Waals surface area contributed by atoms with Crippen LogP contribution in [0.3, 0.4) is 0 Å². The van der Waals surface area contributed by atoms with Crippen molar-refractivity contribution in [3.8, 4) is 0 Å². The van der Waals surface area contributed by atoms with Crippen molar-refractivity contribution in [2.45, 2.75) is 13.8 Å². The first-order valence-corrected chi connectivity index (χ1v) is 14.5. The van der Waals surface area contributed by atoms with Crippen LogP contribution in [0, 0.1) is 17.4 Å². The Hall–Kier alpha value is -0.700. The molecule has 6 heteroatoms. The zero-order valence-corrected chi connectivity index (χ0v) is 24.8. The maximum atomic E-state index is 6.02. The molecule has 0 atom stereocenters. The van der Waals surface area contributed by atoms with Crippen LogP contribution >= 0.6 is 88.7 Å². The second-order valence-electron chi connectivity index (χ2n) is 7.58. The summed E-state index contributed by atoms with van der Waals surface area (Å²) in [5.41, 5.74) is 2.70. The van der Waals surface area contributed by atoms with Crippen LogP contribution in [0.25, 0.3) is 40.3 Å². The quantitative estimate of drug-likeness (QED) is 0.137. The van der Waals surface area contributed by atoms with Crippen LogP contribution in [0.4, 0.5) is 0 Å². The SMILES string of the molecule is Cc1c(Br)ccc2c1sc1cc(Br)ccc12.Cc1c(I)ccc2c1sc1cc(Cl)ccc12. The number of rotatable bonds is 0. The largest absolute Gasteiger partial charge is 0.135 e. The highest BCUT2D eigenvalue weighted by atomic mass is 127. The highest BCUT2D eigenvalue weighted by molar-refractivity contribution is 14.1. The number of hydrogen-bond donors (Lipinski definition) is 0. The molecule has 160 valence electrons. The van der Waals surface area contributed by atoms with Gasteiger partial charge in [0.2, 0.25) is 0 Å². The lowest BCUT2D eigenvalue weighted by Gasteiger charge is -1.98. The maximum Gasteiger partial charge on any atom is 0.0420 e. The molecule has 4 aromatic carbocycles. The van der Waals surface area contributed by atoms with Crippen molar-refractivity contribution in [1.29, 1.82) is 0 Å². The van der Waals surface area contributed by atoms with Gasteiger partial charge in [-0.1, -0.05) is 67.7 Å². The third-order valence-electron chi connectivity index (χ3n) is 5.57. The number of benzene rings is 4. The molecule has 2 aromatic heterocycles. The summed E-state index contributed by atoms with van der Waals surface area (Å²) in [4.78, 5) is 0. The van der Waals surface area contributed by atoms with Gasteiger partial charge in [0.05, 0.1) is 0 Å². The van der Waals surface area contributed by atoms with E-state index in [-0.39, 0.29) is 0 Å². The van der Waals surface area contributed by atoms with Crippen molar-refractivity contribution in [1.82, 2.24) is 0 Å². The average Bonchev–Trinajstić information content (AvgIpc) is 3.32. The minimum atomic E-state index is 0.811. The molecule has 0 fully saturated rings. The zero-order valence-electron chi connectivity index (χ0n) is 17.1. The monoisotopic (exact) mass is 712 g/mol. The van der Waals surface area contributed by atoms with Crippen molar-refractivity contribution in [2.75, 3.05) is 0 Å². The third-order valence-corrected chi connectivity index (χ3v) is 10.9. The van der Waals surface area contributed by atoms with Gasteiger partial charge in [0.1, 0.15) is 0 Å². The van der Waals surface area contributed by atoms with Crippen LogP contribution in [0.5, 0.6) is 0 Å². The minimum Gasteiger partial charge on any atom is -0.135 e. The Morgan fingerprint density at radius 3 is 1.97 bits per heavy atom. The van der Waals surface area contributed by atoms with E-state index in [1.54, 1.807) is 0 Å². The van der Waals surface area contributed by atoms with E-state index in [2.05, 4.69) is 117 Å². The Kier molecular flexibility index (Phi) is 6.60. The molecule has 0 spiro atoms. The first-order valence-electron chi connectivity index (χ1n) is 9.87. The van der Waals surface area contributed by atoms with Crippen LogP contribution in [0.1, 0.15) is 11.1 Å². The predicted octanol–water partition coefficient (Wildman–Crippen LogP) is 11.5. The number of aryl methyl sites for hydroxylation is 2. The van der Waals surface area contributed by atoms with Crippen molar-refractivity contribution in [3.05, 3.63) is 89.3 Å². The van der Waals surface area contributed by atoms with Crippen LogP contribution < -0.4 is 0 Å². The highest BCUT2D eigenvalue weighted by Crippen LogP contribution is 2.40. The molecule has 0 aliphatic rings. The molecule has 0 aliphatic carbocycles. The van der Waals surface area contributed by atoms with Gasteiger partial charge in [-0.05, 0) is 84.0 Å². The van der Waals surface area contributed by atoms with Crippen LogP contribution in [-0.4, -0.2) is 0 Å². The molecule has 0 saturated carbocycles. The second-order valence-corrected chi connectivity index (χ2v) is 13.1. The number of fused-ring (bicyclic) bond motifs is 6. The number of thiophene rings is 2. The van der Waals surface area contributed by atoms with Gasteiger partial charge >= 0.3 is 0 Å². The summed E-state index contributed by atoms with van der Waals surface area (Å²) in [6.45, 7) is 4.35. The number of hydrogen-bond acceptors (Lipinski definition) is 2. The Bertz CT molecular complexity index is 1530. The van der Waals surface area contributed by atoms with E-state index in [1.807, 2.05) is 34.8 Å². The van der Waals surface area contributed by atoms with E-state index < -0.39 is 0 Å². The summed E-state index contributed by atoms with van der Waals surface area (Å²) in [6.07, 6.45) is 0. The second kappa shape index (κ2) is 9.16. The molecular weight excluding hydrogens is 699 g/mol. The Morgan fingerprint density at radius 1 is 0.688 bits per heavy atom. The minimum absolute atomic E-state index is 0.811. The fraction of sp³-hybridized carbons (Fsp3) is 0.0769. The van der Waals surface area contributed by atoms with Crippen molar-refractivity contribution < 1.29 is 0 Å². The summed E-state index contributed by atoms with van der Waals surface area (Å²) >= 11 is 19.2. The van der Waals surface area contributed by atoms with E-state index in [4.69, 9.17) is 11.6 Å². The average molecular weight is 715 g/mol. The Morgan fingerprint density at radius 2 is 1.25 bits per heavy atom. The van der Waals surface area contributed by atoms with Crippen LogP contribution in [0.2, 0.25) is 5.02 Å². The molecule has 6 aromatic rings. The van der Waals surface area contributed by atoms with Gasteiger partial charge in [0.15, 0.2) is 0 Å². The van der Waals surface area contributed by atoms with Gasteiger partial charge in [-0.3, -0.25) is 0 Å². The lowest BCUT2D eigenvalue weighted by Crippen LogP contribution is -1.78. The van der Waals surface area contributed by atoms with E-state index in [1.165, 1.54) is 59.5 Å². The molecule has 0 unspecified atom stereocenters. The summed E-state index contributed by atoms with van der Waals surface area (Å²) in [5.74, 6) is 0. The summed E-state index contributed by atoms with van der Waals surface area (Å²) in [7, 11) is 0. The van der Waals surface area contributed by atoms with E-state index in [0.717, 1.165) is 9.50 Å². The molecule has 0 nitrogen and oxygen atoms in total. The van der Waals surface area contributed by atoms with Gasteiger partial charge in [-0.2, -0.15) is 0 Å². The summed E-state index contributed by atoms with van der Waals surface area (Å²) in [5, 5.41) is 6.16. The van der Waals surface area contributed by atoms with Crippen molar-refractivity contribution >= 4 is 129 Å². The van der Waals surface area contributed by atoms with E-state index in [9.17, 15) is 0 Å². The number of halogens is 4. The van der Waals surface area contributed by atoms with E-state index >= 15 is 0 Å². The molecule has 0 radical (unpaired) electrons. The molecule has 0 amide bonds. The smallest absolute Gasteiger partial charge is 0.0420 e. The Labute approximate surface area is 230 Å². The fourth-order valence-corrected chi connectivity index (χ4v) is 8.18. The Balaban J connectivity index is 0.000000135. The standard InChI is InChI=1S/C13H8Br2S.C13H8ClIS/c2*1-7-11(15)5-4-10-9-3-2-8(14)6-12(9)16-13(7)10/h2*2-6H,1H3. The fourth-order valence-electron chi connectivity index (χ4n) is 3.85. The molecule has 2 heterocycles. The first-order chi connectivity index (χ1) is 15.3. The van der Waals surface area contributed by atoms with Crippen molar-refractivity contribution in [2.24, 2.45) is 0 Å².